The Kier molecular flexibility index (Phi) is 6.73. The van der Waals surface area contributed by atoms with Crippen LogP contribution in [-0.2, 0) is 17.8 Å². The molecule has 3 nitrogen and oxygen atoms in total. The molecule has 0 fully saturated rings. The summed E-state index contributed by atoms with van der Waals surface area (Å²) < 4.78 is 0. The van der Waals surface area contributed by atoms with Crippen LogP contribution >= 0.6 is 0 Å². The van der Waals surface area contributed by atoms with E-state index in [4.69, 9.17) is 5.11 Å². The lowest BCUT2D eigenvalue weighted by Crippen LogP contribution is -2.23. The standard InChI is InChI=1S/C17H27NO2/c1-4-14-5-7-15(8-6-14)13-18-12-11-17(2,3)10-9-16(19)20/h5-8,18H,4,9-13H2,1-3H3,(H,19,20). The van der Waals surface area contributed by atoms with Crippen molar-refractivity contribution in [3.63, 3.8) is 0 Å². The van der Waals surface area contributed by atoms with Crippen molar-refractivity contribution in [1.82, 2.24) is 5.32 Å². The smallest absolute Gasteiger partial charge is 0.303 e. The SMILES string of the molecule is CCc1ccc(CNCCC(C)(C)CCC(=O)O)cc1. The topological polar surface area (TPSA) is 49.3 Å². The Hall–Kier alpha value is -1.35. The van der Waals surface area contributed by atoms with Gasteiger partial charge in [-0.2, -0.15) is 0 Å². The molecule has 0 unspecified atom stereocenters. The maximum atomic E-state index is 10.6. The molecule has 112 valence electrons. The average molecular weight is 277 g/mol. The predicted molar refractivity (Wildman–Crippen MR) is 82.8 cm³/mol. The second-order valence-electron chi connectivity index (χ2n) is 6.15. The van der Waals surface area contributed by atoms with Crippen LogP contribution in [0.2, 0.25) is 0 Å². The fraction of sp³-hybridized carbons (Fsp3) is 0.588. The van der Waals surface area contributed by atoms with Gasteiger partial charge in [0, 0.05) is 13.0 Å². The first kappa shape index (κ1) is 16.7. The molecule has 0 amide bonds. The van der Waals surface area contributed by atoms with E-state index in [9.17, 15) is 4.79 Å². The summed E-state index contributed by atoms with van der Waals surface area (Å²) in [6.07, 6.45) is 3.06. The molecule has 0 saturated heterocycles. The molecule has 0 atom stereocenters. The molecule has 0 spiro atoms. The van der Waals surface area contributed by atoms with Gasteiger partial charge in [-0.05, 0) is 42.3 Å². The van der Waals surface area contributed by atoms with E-state index in [1.165, 1.54) is 11.1 Å². The molecule has 0 aromatic heterocycles. The van der Waals surface area contributed by atoms with Crippen LogP contribution in [0.3, 0.4) is 0 Å². The maximum Gasteiger partial charge on any atom is 0.303 e. The third-order valence-corrected chi connectivity index (χ3v) is 3.75. The largest absolute Gasteiger partial charge is 0.481 e. The normalized spacial score (nSPS) is 11.6. The molecular weight excluding hydrogens is 250 g/mol. The highest BCUT2D eigenvalue weighted by atomic mass is 16.4. The van der Waals surface area contributed by atoms with Crippen LogP contribution in [0.1, 0.15) is 51.2 Å². The van der Waals surface area contributed by atoms with Crippen LogP contribution in [0.25, 0.3) is 0 Å². The molecule has 2 N–H and O–H groups in total. The summed E-state index contributed by atoms with van der Waals surface area (Å²) >= 11 is 0. The van der Waals surface area contributed by atoms with Crippen molar-refractivity contribution in [2.24, 2.45) is 5.41 Å². The van der Waals surface area contributed by atoms with Crippen LogP contribution < -0.4 is 5.32 Å². The van der Waals surface area contributed by atoms with Crippen LogP contribution in [-0.4, -0.2) is 17.6 Å². The summed E-state index contributed by atoms with van der Waals surface area (Å²) in [6, 6.07) is 8.68. The number of nitrogens with one attached hydrogen (secondary N) is 1. The lowest BCUT2D eigenvalue weighted by atomic mass is 9.84. The Morgan fingerprint density at radius 3 is 2.30 bits per heavy atom. The molecule has 0 bridgehead atoms. The molecule has 0 saturated carbocycles. The lowest BCUT2D eigenvalue weighted by molar-refractivity contribution is -0.137. The minimum Gasteiger partial charge on any atom is -0.481 e. The Morgan fingerprint density at radius 1 is 1.15 bits per heavy atom. The molecule has 1 aromatic carbocycles. The van der Waals surface area contributed by atoms with Crippen LogP contribution in [0.15, 0.2) is 24.3 Å². The van der Waals surface area contributed by atoms with Gasteiger partial charge in [-0.1, -0.05) is 45.0 Å². The highest BCUT2D eigenvalue weighted by Crippen LogP contribution is 2.26. The van der Waals surface area contributed by atoms with Crippen molar-refractivity contribution in [1.29, 1.82) is 0 Å². The predicted octanol–water partition coefficient (Wildman–Crippen LogP) is 3.62. The fourth-order valence-corrected chi connectivity index (χ4v) is 2.12. The molecule has 3 heteroatoms. The molecule has 20 heavy (non-hydrogen) atoms. The number of carboxylic acids is 1. The van der Waals surface area contributed by atoms with Crippen LogP contribution in [0.5, 0.6) is 0 Å². The minimum atomic E-state index is -0.706. The number of aliphatic carboxylic acids is 1. The van der Waals surface area contributed by atoms with E-state index in [0.29, 0.717) is 0 Å². The number of hydrogen-bond donors (Lipinski definition) is 2. The number of carboxylic acid groups (broad SMARTS) is 1. The first-order chi connectivity index (χ1) is 9.43. The molecule has 1 rings (SSSR count). The highest BCUT2D eigenvalue weighted by molar-refractivity contribution is 5.66. The Morgan fingerprint density at radius 2 is 1.75 bits per heavy atom. The maximum absolute atomic E-state index is 10.6. The Balaban J connectivity index is 2.24. The molecule has 0 radical (unpaired) electrons. The van der Waals surface area contributed by atoms with Gasteiger partial charge in [-0.25, -0.2) is 0 Å². The van der Waals surface area contributed by atoms with Crippen molar-refractivity contribution in [2.75, 3.05) is 6.54 Å². The van der Waals surface area contributed by atoms with Crippen molar-refractivity contribution in [2.45, 2.75) is 53.0 Å². The van der Waals surface area contributed by atoms with Crippen molar-refractivity contribution >= 4 is 5.97 Å². The second-order valence-corrected chi connectivity index (χ2v) is 6.15. The van der Waals surface area contributed by atoms with Crippen molar-refractivity contribution in [3.05, 3.63) is 35.4 Å². The number of benzene rings is 1. The van der Waals surface area contributed by atoms with Crippen LogP contribution in [0, 0.1) is 5.41 Å². The van der Waals surface area contributed by atoms with E-state index in [2.05, 4.69) is 50.4 Å². The molecule has 0 aliphatic rings. The van der Waals surface area contributed by atoms with Gasteiger partial charge in [-0.15, -0.1) is 0 Å². The molecule has 0 heterocycles. The summed E-state index contributed by atoms with van der Waals surface area (Å²) in [5, 5.41) is 12.2. The van der Waals surface area contributed by atoms with E-state index in [-0.39, 0.29) is 11.8 Å². The summed E-state index contributed by atoms with van der Waals surface area (Å²) in [4.78, 5) is 10.6. The first-order valence-electron chi connectivity index (χ1n) is 7.43. The van der Waals surface area contributed by atoms with Crippen molar-refractivity contribution in [3.8, 4) is 0 Å². The zero-order chi connectivity index (χ0) is 15.0. The van der Waals surface area contributed by atoms with Gasteiger partial charge in [-0.3, -0.25) is 4.79 Å². The van der Waals surface area contributed by atoms with E-state index < -0.39 is 5.97 Å². The minimum absolute atomic E-state index is 0.0808. The number of aryl methyl sites for hydroxylation is 1. The fourth-order valence-electron chi connectivity index (χ4n) is 2.12. The molecule has 0 aliphatic heterocycles. The first-order valence-corrected chi connectivity index (χ1v) is 7.43. The van der Waals surface area contributed by atoms with Gasteiger partial charge in [0.1, 0.15) is 0 Å². The second kappa shape index (κ2) is 8.05. The quantitative estimate of drug-likeness (QED) is 0.678. The van der Waals surface area contributed by atoms with E-state index in [0.717, 1.165) is 32.4 Å². The summed E-state index contributed by atoms with van der Waals surface area (Å²) in [5.41, 5.74) is 2.74. The zero-order valence-corrected chi connectivity index (χ0v) is 12.9. The third-order valence-electron chi connectivity index (χ3n) is 3.75. The highest BCUT2D eigenvalue weighted by Gasteiger charge is 2.18. The zero-order valence-electron chi connectivity index (χ0n) is 12.9. The summed E-state index contributed by atoms with van der Waals surface area (Å²) in [6.45, 7) is 8.22. The average Bonchev–Trinajstić information content (AvgIpc) is 2.42. The van der Waals surface area contributed by atoms with Gasteiger partial charge < -0.3 is 10.4 Å². The van der Waals surface area contributed by atoms with Crippen LogP contribution in [0.4, 0.5) is 0 Å². The Bertz CT molecular complexity index is 410. The van der Waals surface area contributed by atoms with Gasteiger partial charge in [0.05, 0.1) is 0 Å². The van der Waals surface area contributed by atoms with E-state index in [1.807, 2.05) is 0 Å². The number of carbonyl (C=O) groups is 1. The number of hydrogen-bond acceptors (Lipinski definition) is 2. The van der Waals surface area contributed by atoms with Gasteiger partial charge in [0.2, 0.25) is 0 Å². The van der Waals surface area contributed by atoms with Crippen molar-refractivity contribution < 1.29 is 9.90 Å². The van der Waals surface area contributed by atoms with Gasteiger partial charge in [0.25, 0.3) is 0 Å². The summed E-state index contributed by atoms with van der Waals surface area (Å²) in [5.74, 6) is -0.706. The van der Waals surface area contributed by atoms with E-state index in [1.54, 1.807) is 0 Å². The molecule has 1 aromatic rings. The third kappa shape index (κ3) is 6.71. The van der Waals surface area contributed by atoms with Gasteiger partial charge in [0.15, 0.2) is 0 Å². The number of rotatable bonds is 9. The van der Waals surface area contributed by atoms with E-state index >= 15 is 0 Å². The summed E-state index contributed by atoms with van der Waals surface area (Å²) in [7, 11) is 0. The molecule has 0 aliphatic carbocycles. The Labute approximate surface area is 122 Å². The lowest BCUT2D eigenvalue weighted by Gasteiger charge is -2.23. The monoisotopic (exact) mass is 277 g/mol. The molecular formula is C17H27NO2. The van der Waals surface area contributed by atoms with Gasteiger partial charge >= 0.3 is 5.97 Å².